The molecule has 2 heterocycles. The van der Waals surface area contributed by atoms with E-state index in [1.807, 2.05) is 6.92 Å². The molecule has 21 heavy (non-hydrogen) atoms. The number of carbonyl (C=O) groups excluding carboxylic acids is 1. The van der Waals surface area contributed by atoms with Crippen molar-refractivity contribution in [2.45, 2.75) is 32.4 Å². The summed E-state index contributed by atoms with van der Waals surface area (Å²) >= 11 is 1.14. The molecule has 1 N–H and O–H groups in total. The second kappa shape index (κ2) is 6.86. The highest BCUT2D eigenvalue weighted by Gasteiger charge is 2.32. The second-order valence-corrected chi connectivity index (χ2v) is 5.73. The maximum atomic E-state index is 12.1. The number of morpholine rings is 1. The van der Waals surface area contributed by atoms with Gasteiger partial charge in [-0.15, -0.1) is 0 Å². The minimum Gasteiger partial charge on any atom is -0.480 e. The number of amides is 1. The van der Waals surface area contributed by atoms with Crippen LogP contribution in [0.2, 0.25) is 0 Å². The summed E-state index contributed by atoms with van der Waals surface area (Å²) in [5.41, 5.74) is 0.882. The number of hydrogen-bond acceptors (Lipinski definition) is 5. The Labute approximate surface area is 125 Å². The summed E-state index contributed by atoms with van der Waals surface area (Å²) in [6, 6.07) is -0.906. The summed E-state index contributed by atoms with van der Waals surface area (Å²) < 4.78 is 6.73. The maximum Gasteiger partial charge on any atom is 0.328 e. The van der Waals surface area contributed by atoms with Crippen molar-refractivity contribution in [2.24, 2.45) is 0 Å². The van der Waals surface area contributed by atoms with Gasteiger partial charge < -0.3 is 19.3 Å². The van der Waals surface area contributed by atoms with Gasteiger partial charge in [0.1, 0.15) is 0 Å². The Morgan fingerprint density at radius 1 is 1.52 bits per heavy atom. The maximum absolute atomic E-state index is 12.1. The van der Waals surface area contributed by atoms with Crippen LogP contribution in [0.5, 0.6) is 0 Å². The molecule has 1 aliphatic heterocycles. The lowest BCUT2D eigenvalue weighted by Crippen LogP contribution is -2.52. The Hall–Kier alpha value is -1.67. The fraction of sp³-hybridized carbons (Fsp3) is 0.615. The third kappa shape index (κ3) is 3.70. The zero-order valence-electron chi connectivity index (χ0n) is 11.8. The van der Waals surface area contributed by atoms with Crippen LogP contribution < -0.4 is 4.87 Å². The van der Waals surface area contributed by atoms with Crippen LogP contribution in [0.3, 0.4) is 0 Å². The number of ether oxygens (including phenoxy) is 1. The molecule has 8 heteroatoms. The van der Waals surface area contributed by atoms with Crippen LogP contribution in [0.25, 0.3) is 0 Å². The Morgan fingerprint density at radius 2 is 2.29 bits per heavy atom. The highest BCUT2D eigenvalue weighted by molar-refractivity contribution is 7.07. The van der Waals surface area contributed by atoms with E-state index < -0.39 is 12.0 Å². The van der Waals surface area contributed by atoms with E-state index in [4.69, 9.17) is 9.84 Å². The van der Waals surface area contributed by atoms with Gasteiger partial charge in [0.2, 0.25) is 5.91 Å². The zero-order valence-corrected chi connectivity index (χ0v) is 12.6. The topological polar surface area (TPSA) is 88.8 Å². The number of aliphatic carboxylic acids is 1. The summed E-state index contributed by atoms with van der Waals surface area (Å²) in [5, 5.41) is 10.9. The first-order valence-electron chi connectivity index (χ1n) is 6.75. The lowest BCUT2D eigenvalue weighted by Gasteiger charge is -2.32. The normalized spacial score (nSPS) is 18.7. The summed E-state index contributed by atoms with van der Waals surface area (Å²) in [6.45, 7) is 3.01. The number of rotatable bonds is 5. The number of hydrogen-bond donors (Lipinski definition) is 1. The van der Waals surface area contributed by atoms with Crippen LogP contribution in [0.15, 0.2) is 10.2 Å². The molecule has 0 radical (unpaired) electrons. The molecule has 0 aliphatic carbocycles. The van der Waals surface area contributed by atoms with E-state index in [1.54, 1.807) is 9.95 Å². The monoisotopic (exact) mass is 314 g/mol. The van der Waals surface area contributed by atoms with Crippen molar-refractivity contribution in [2.75, 3.05) is 19.8 Å². The molecule has 1 aromatic heterocycles. The third-order valence-electron chi connectivity index (χ3n) is 3.48. The molecule has 0 spiro atoms. The largest absolute Gasteiger partial charge is 0.480 e. The number of carboxylic acids is 1. The van der Waals surface area contributed by atoms with Crippen molar-refractivity contribution in [3.05, 3.63) is 20.7 Å². The number of thiazole rings is 1. The van der Waals surface area contributed by atoms with Crippen molar-refractivity contribution >= 4 is 23.2 Å². The quantitative estimate of drug-likeness (QED) is 0.845. The number of aryl methyl sites for hydroxylation is 1. The van der Waals surface area contributed by atoms with Crippen LogP contribution >= 0.6 is 11.3 Å². The van der Waals surface area contributed by atoms with Gasteiger partial charge in [0, 0.05) is 30.6 Å². The number of carboxylic acid groups (broad SMARTS) is 1. The molecule has 1 atom stereocenters. The SMILES string of the molecule is Cc1csc(=O)n1CCCC(=O)N1CCOCC1C(=O)O. The van der Waals surface area contributed by atoms with Gasteiger partial charge in [-0.1, -0.05) is 11.3 Å². The van der Waals surface area contributed by atoms with E-state index in [1.165, 1.54) is 4.90 Å². The van der Waals surface area contributed by atoms with Crippen LogP contribution in [-0.4, -0.2) is 52.3 Å². The van der Waals surface area contributed by atoms with Gasteiger partial charge in [-0.05, 0) is 13.3 Å². The highest BCUT2D eigenvalue weighted by Crippen LogP contribution is 2.11. The summed E-state index contributed by atoms with van der Waals surface area (Å²) in [6.07, 6.45) is 0.742. The van der Waals surface area contributed by atoms with E-state index in [0.29, 0.717) is 26.1 Å². The molecule has 0 saturated carbocycles. The van der Waals surface area contributed by atoms with E-state index >= 15 is 0 Å². The smallest absolute Gasteiger partial charge is 0.328 e. The van der Waals surface area contributed by atoms with Crippen molar-refractivity contribution in [1.82, 2.24) is 9.47 Å². The predicted molar refractivity (Wildman–Crippen MR) is 76.5 cm³/mol. The number of nitrogens with zero attached hydrogens (tertiary/aromatic N) is 2. The molecular weight excluding hydrogens is 296 g/mol. The summed E-state index contributed by atoms with van der Waals surface area (Å²) in [4.78, 5) is 36.1. The van der Waals surface area contributed by atoms with E-state index in [2.05, 4.69) is 0 Å². The van der Waals surface area contributed by atoms with Crippen molar-refractivity contribution in [1.29, 1.82) is 0 Å². The minimum absolute atomic E-state index is 0.0319. The Kier molecular flexibility index (Phi) is 5.13. The standard InChI is InChI=1S/C13H18N2O5S/c1-9-8-21-13(19)14(9)4-2-3-11(16)15-5-6-20-7-10(15)12(17)18/h8,10H,2-7H2,1H3,(H,17,18). The summed E-state index contributed by atoms with van der Waals surface area (Å²) in [5.74, 6) is -1.25. The van der Waals surface area contributed by atoms with Gasteiger partial charge in [-0.25, -0.2) is 4.79 Å². The van der Waals surface area contributed by atoms with Gasteiger partial charge in [0.05, 0.1) is 13.2 Å². The molecule has 0 aromatic carbocycles. The molecule has 7 nitrogen and oxygen atoms in total. The average molecular weight is 314 g/mol. The molecule has 116 valence electrons. The van der Waals surface area contributed by atoms with E-state index in [0.717, 1.165) is 17.0 Å². The Balaban J connectivity index is 1.89. The van der Waals surface area contributed by atoms with Crippen LogP contribution in [-0.2, 0) is 20.9 Å². The number of carbonyl (C=O) groups is 2. The van der Waals surface area contributed by atoms with Gasteiger partial charge in [0.25, 0.3) is 0 Å². The van der Waals surface area contributed by atoms with Crippen LogP contribution in [0, 0.1) is 6.92 Å². The van der Waals surface area contributed by atoms with Gasteiger partial charge in [-0.3, -0.25) is 9.59 Å². The van der Waals surface area contributed by atoms with Gasteiger partial charge in [-0.2, -0.15) is 0 Å². The molecule has 2 rings (SSSR count). The summed E-state index contributed by atoms with van der Waals surface area (Å²) in [7, 11) is 0. The number of aromatic nitrogens is 1. The second-order valence-electron chi connectivity index (χ2n) is 4.91. The lowest BCUT2D eigenvalue weighted by atomic mass is 10.2. The third-order valence-corrected chi connectivity index (χ3v) is 4.36. The van der Waals surface area contributed by atoms with Crippen LogP contribution in [0.1, 0.15) is 18.5 Å². The molecule has 1 aliphatic rings. The van der Waals surface area contributed by atoms with Crippen molar-refractivity contribution in [3.8, 4) is 0 Å². The van der Waals surface area contributed by atoms with Crippen LogP contribution in [0.4, 0.5) is 0 Å². The first-order chi connectivity index (χ1) is 10.0. The first-order valence-corrected chi connectivity index (χ1v) is 7.63. The fourth-order valence-corrected chi connectivity index (χ4v) is 3.07. The first kappa shape index (κ1) is 15.7. The molecule has 1 unspecified atom stereocenters. The molecular formula is C13H18N2O5S. The van der Waals surface area contributed by atoms with Gasteiger partial charge in [0.15, 0.2) is 6.04 Å². The Bertz CT molecular complexity index is 579. The van der Waals surface area contributed by atoms with E-state index in [-0.39, 0.29) is 23.8 Å². The average Bonchev–Trinajstić information content (AvgIpc) is 2.78. The predicted octanol–water partition coefficient (Wildman–Crippen LogP) is 0.310. The minimum atomic E-state index is -1.05. The molecule has 0 bridgehead atoms. The zero-order chi connectivity index (χ0) is 15.4. The lowest BCUT2D eigenvalue weighted by molar-refractivity contribution is -0.158. The molecule has 1 saturated heterocycles. The molecule has 1 fully saturated rings. The van der Waals surface area contributed by atoms with Gasteiger partial charge >= 0.3 is 10.8 Å². The fourth-order valence-electron chi connectivity index (χ4n) is 2.31. The van der Waals surface area contributed by atoms with E-state index in [9.17, 15) is 14.4 Å². The van der Waals surface area contributed by atoms with Crippen molar-refractivity contribution < 1.29 is 19.4 Å². The molecule has 1 aromatic rings. The highest BCUT2D eigenvalue weighted by atomic mass is 32.1. The molecule has 1 amide bonds. The van der Waals surface area contributed by atoms with Crippen molar-refractivity contribution in [3.63, 3.8) is 0 Å². The Morgan fingerprint density at radius 3 is 2.90 bits per heavy atom.